The van der Waals surface area contributed by atoms with Gasteiger partial charge in [0.15, 0.2) is 0 Å². The third-order valence-electron chi connectivity index (χ3n) is 2.83. The fourth-order valence-corrected chi connectivity index (χ4v) is 1.93. The van der Waals surface area contributed by atoms with Crippen molar-refractivity contribution in [3.05, 3.63) is 30.3 Å². The normalized spacial score (nSPS) is 11.4. The summed E-state index contributed by atoms with van der Waals surface area (Å²) in [7, 11) is 1.50. The van der Waals surface area contributed by atoms with Crippen LogP contribution in [0.5, 0.6) is 0 Å². The molecule has 0 fully saturated rings. The predicted molar refractivity (Wildman–Crippen MR) is 84.3 cm³/mol. The maximum Gasteiger partial charge on any atom is 0.323 e. The first kappa shape index (κ1) is 18.4. The third kappa shape index (κ3) is 7.28. The van der Waals surface area contributed by atoms with Gasteiger partial charge in [0.05, 0.1) is 19.2 Å². The summed E-state index contributed by atoms with van der Waals surface area (Å²) in [6.07, 6.45) is 0. The number of rotatable bonds is 8. The Bertz CT molecular complexity index is 535. The molecule has 23 heavy (non-hydrogen) atoms. The Labute approximate surface area is 134 Å². The van der Waals surface area contributed by atoms with Gasteiger partial charge in [-0.3, -0.25) is 14.9 Å². The first-order chi connectivity index (χ1) is 10.9. The van der Waals surface area contributed by atoms with Crippen molar-refractivity contribution in [2.75, 3.05) is 31.7 Å². The Kier molecular flexibility index (Phi) is 7.55. The number of carbonyl (C=O) groups excluding carboxylic acids is 2. The second-order valence-corrected chi connectivity index (χ2v) is 4.96. The number of hydrogen-bond donors (Lipinski definition) is 3. The van der Waals surface area contributed by atoms with E-state index in [1.165, 1.54) is 12.0 Å². The number of para-hydroxylation sites is 1. The number of benzene rings is 1. The van der Waals surface area contributed by atoms with E-state index in [0.717, 1.165) is 0 Å². The highest BCUT2D eigenvalue weighted by molar-refractivity contribution is 5.97. The number of imide groups is 1. The fraction of sp³-hybridized carbons (Fsp3) is 0.400. The van der Waals surface area contributed by atoms with Gasteiger partial charge in [-0.25, -0.2) is 4.79 Å². The van der Waals surface area contributed by atoms with Crippen LogP contribution in [0.4, 0.5) is 10.5 Å². The minimum atomic E-state index is -1.07. The van der Waals surface area contributed by atoms with E-state index in [-0.39, 0.29) is 19.1 Å². The van der Waals surface area contributed by atoms with E-state index in [1.54, 1.807) is 37.3 Å². The molecule has 0 aliphatic carbocycles. The van der Waals surface area contributed by atoms with E-state index in [2.05, 4.69) is 10.6 Å². The Morgan fingerprint density at radius 2 is 1.87 bits per heavy atom. The number of nitrogens with zero attached hydrogens (tertiary/aromatic N) is 1. The lowest BCUT2D eigenvalue weighted by molar-refractivity contribution is -0.135. The zero-order valence-electron chi connectivity index (χ0n) is 13.1. The number of nitrogens with one attached hydrogen (secondary N) is 2. The Morgan fingerprint density at radius 3 is 2.43 bits per heavy atom. The van der Waals surface area contributed by atoms with E-state index >= 15 is 0 Å². The van der Waals surface area contributed by atoms with Crippen molar-refractivity contribution in [3.8, 4) is 0 Å². The van der Waals surface area contributed by atoms with Gasteiger partial charge in [0, 0.05) is 12.8 Å². The van der Waals surface area contributed by atoms with Crippen LogP contribution in [-0.4, -0.2) is 55.9 Å². The van der Waals surface area contributed by atoms with Crippen LogP contribution in [0.15, 0.2) is 30.3 Å². The molecule has 0 aromatic heterocycles. The average molecular weight is 323 g/mol. The van der Waals surface area contributed by atoms with Gasteiger partial charge >= 0.3 is 12.0 Å². The maximum absolute atomic E-state index is 11.9. The van der Waals surface area contributed by atoms with Crippen molar-refractivity contribution >= 4 is 23.6 Å². The number of urea groups is 1. The molecule has 1 unspecified atom stereocenters. The molecular formula is C15H21N3O5. The van der Waals surface area contributed by atoms with Gasteiger partial charge in [-0.05, 0) is 19.1 Å². The Hall–Kier alpha value is -2.61. The summed E-state index contributed by atoms with van der Waals surface area (Å²) in [6, 6.07) is 7.74. The molecule has 1 aromatic carbocycles. The summed E-state index contributed by atoms with van der Waals surface area (Å²) in [5.74, 6) is -1.67. The molecule has 0 aliphatic rings. The molecule has 0 bridgehead atoms. The smallest absolute Gasteiger partial charge is 0.323 e. The van der Waals surface area contributed by atoms with E-state index in [0.29, 0.717) is 12.3 Å². The van der Waals surface area contributed by atoms with Gasteiger partial charge in [-0.2, -0.15) is 0 Å². The first-order valence-electron chi connectivity index (χ1n) is 7.03. The number of amides is 3. The van der Waals surface area contributed by atoms with Crippen LogP contribution < -0.4 is 15.5 Å². The van der Waals surface area contributed by atoms with Crippen molar-refractivity contribution in [1.82, 2.24) is 10.6 Å². The van der Waals surface area contributed by atoms with Crippen molar-refractivity contribution in [3.63, 3.8) is 0 Å². The molecule has 0 radical (unpaired) electrons. The molecular weight excluding hydrogens is 302 g/mol. The zero-order chi connectivity index (χ0) is 17.2. The minimum absolute atomic E-state index is 0.248. The Balaban J connectivity index is 2.60. The van der Waals surface area contributed by atoms with E-state index in [1.807, 2.05) is 0 Å². The minimum Gasteiger partial charge on any atom is -0.480 e. The number of carbonyl (C=O) groups is 3. The van der Waals surface area contributed by atoms with E-state index < -0.39 is 17.9 Å². The number of carboxylic acid groups (broad SMARTS) is 1. The molecule has 1 aromatic rings. The molecule has 8 nitrogen and oxygen atoms in total. The summed E-state index contributed by atoms with van der Waals surface area (Å²) in [6.45, 7) is 1.45. The highest BCUT2D eigenvalue weighted by atomic mass is 16.5. The van der Waals surface area contributed by atoms with Crippen LogP contribution in [0.2, 0.25) is 0 Å². The van der Waals surface area contributed by atoms with Gasteiger partial charge < -0.3 is 20.1 Å². The highest BCUT2D eigenvalue weighted by Gasteiger charge is 2.17. The molecule has 3 N–H and O–H groups in total. The van der Waals surface area contributed by atoms with E-state index in [4.69, 9.17) is 9.84 Å². The second-order valence-electron chi connectivity index (χ2n) is 4.96. The standard InChI is InChI=1S/C15H21N3O5/c1-11(10-23-2)16-15(22)17-13(19)8-18(9-14(20)21)12-6-4-3-5-7-12/h3-7,11H,8-10H2,1-2H3,(H,20,21)(H2,16,17,19,22). The van der Waals surface area contributed by atoms with Gasteiger partial charge in [0.25, 0.3) is 0 Å². The highest BCUT2D eigenvalue weighted by Crippen LogP contribution is 2.12. The van der Waals surface area contributed by atoms with Crippen molar-refractivity contribution in [2.45, 2.75) is 13.0 Å². The van der Waals surface area contributed by atoms with Crippen LogP contribution in [0, 0.1) is 0 Å². The SMILES string of the molecule is COCC(C)NC(=O)NC(=O)CN(CC(=O)O)c1ccccc1. The molecule has 0 spiro atoms. The van der Waals surface area contributed by atoms with Crippen LogP contribution in [0.25, 0.3) is 0 Å². The largest absolute Gasteiger partial charge is 0.480 e. The van der Waals surface area contributed by atoms with Gasteiger partial charge in [-0.15, -0.1) is 0 Å². The monoisotopic (exact) mass is 323 g/mol. The van der Waals surface area contributed by atoms with Crippen LogP contribution in [-0.2, 0) is 14.3 Å². The van der Waals surface area contributed by atoms with E-state index in [9.17, 15) is 14.4 Å². The second kappa shape index (κ2) is 9.42. The fourth-order valence-electron chi connectivity index (χ4n) is 1.93. The molecule has 1 rings (SSSR count). The summed E-state index contributed by atoms with van der Waals surface area (Å²) >= 11 is 0. The number of hydrogen-bond acceptors (Lipinski definition) is 5. The third-order valence-corrected chi connectivity index (χ3v) is 2.83. The predicted octanol–water partition coefficient (Wildman–Crippen LogP) is 0.438. The quantitative estimate of drug-likeness (QED) is 0.640. The van der Waals surface area contributed by atoms with Crippen molar-refractivity contribution in [2.24, 2.45) is 0 Å². The van der Waals surface area contributed by atoms with Crippen LogP contribution >= 0.6 is 0 Å². The molecule has 0 saturated heterocycles. The molecule has 126 valence electrons. The van der Waals surface area contributed by atoms with Crippen molar-refractivity contribution < 1.29 is 24.2 Å². The van der Waals surface area contributed by atoms with Gasteiger partial charge in [0.1, 0.15) is 6.54 Å². The molecule has 0 aliphatic heterocycles. The molecule has 0 heterocycles. The molecule has 1 atom stereocenters. The van der Waals surface area contributed by atoms with Crippen molar-refractivity contribution in [1.29, 1.82) is 0 Å². The average Bonchev–Trinajstić information content (AvgIpc) is 2.46. The lowest BCUT2D eigenvalue weighted by atomic mass is 10.3. The lowest BCUT2D eigenvalue weighted by Gasteiger charge is -2.22. The Morgan fingerprint density at radius 1 is 1.22 bits per heavy atom. The molecule has 3 amide bonds. The van der Waals surface area contributed by atoms with Crippen LogP contribution in [0.1, 0.15) is 6.92 Å². The number of methoxy groups -OCH3 is 1. The lowest BCUT2D eigenvalue weighted by Crippen LogP contribution is -2.48. The van der Waals surface area contributed by atoms with Crippen LogP contribution in [0.3, 0.4) is 0 Å². The van der Waals surface area contributed by atoms with Gasteiger partial charge in [-0.1, -0.05) is 18.2 Å². The maximum atomic E-state index is 11.9. The number of carboxylic acids is 1. The first-order valence-corrected chi connectivity index (χ1v) is 7.03. The number of anilines is 1. The topological polar surface area (TPSA) is 108 Å². The summed E-state index contributed by atoms with van der Waals surface area (Å²) in [5.41, 5.74) is 0.582. The summed E-state index contributed by atoms with van der Waals surface area (Å²) in [4.78, 5) is 35.9. The summed E-state index contributed by atoms with van der Waals surface area (Å²) in [5, 5.41) is 13.6. The molecule has 8 heteroatoms. The summed E-state index contributed by atoms with van der Waals surface area (Å²) < 4.78 is 4.87. The zero-order valence-corrected chi connectivity index (χ0v) is 13.1. The number of aliphatic carboxylic acids is 1. The number of ether oxygens (including phenoxy) is 1. The molecule has 0 saturated carbocycles. The van der Waals surface area contributed by atoms with Gasteiger partial charge in [0.2, 0.25) is 5.91 Å².